The molecule has 1 amide bonds. The third-order valence-corrected chi connectivity index (χ3v) is 4.51. The number of carbonyl (C=O) groups is 2. The molecule has 0 atom stereocenters. The van der Waals surface area contributed by atoms with Crippen molar-refractivity contribution in [1.82, 2.24) is 5.32 Å². The Kier molecular flexibility index (Phi) is 5.35. The molecule has 1 rings (SSSR count). The Labute approximate surface area is 114 Å². The summed E-state index contributed by atoms with van der Waals surface area (Å²) in [7, 11) is 1.62. The van der Waals surface area contributed by atoms with Crippen LogP contribution in [0.2, 0.25) is 0 Å². The molecule has 0 heterocycles. The molecule has 1 aliphatic carbocycles. The van der Waals surface area contributed by atoms with Gasteiger partial charge in [-0.2, -0.15) is 0 Å². The fourth-order valence-electron chi connectivity index (χ4n) is 2.35. The highest BCUT2D eigenvalue weighted by Crippen LogP contribution is 2.49. The minimum atomic E-state index is -0.840. The van der Waals surface area contributed by atoms with E-state index in [4.69, 9.17) is 4.74 Å². The zero-order valence-electron chi connectivity index (χ0n) is 12.1. The number of carbonyl (C=O) groups excluding carboxylic acids is 1. The Morgan fingerprint density at radius 3 is 2.26 bits per heavy atom. The lowest BCUT2D eigenvalue weighted by Gasteiger charge is -2.28. The van der Waals surface area contributed by atoms with Gasteiger partial charge in [0.1, 0.15) is 0 Å². The molecule has 0 spiro atoms. The lowest BCUT2D eigenvalue weighted by atomic mass is 9.82. The fraction of sp³-hybridized carbons (Fsp3) is 0.857. The van der Waals surface area contributed by atoms with Crippen molar-refractivity contribution < 1.29 is 19.4 Å². The fourth-order valence-corrected chi connectivity index (χ4v) is 2.35. The second-order valence-corrected chi connectivity index (χ2v) is 5.50. The van der Waals surface area contributed by atoms with Gasteiger partial charge in [0.25, 0.3) is 0 Å². The summed E-state index contributed by atoms with van der Waals surface area (Å²) < 4.78 is 5.02. The van der Waals surface area contributed by atoms with Crippen LogP contribution in [0.3, 0.4) is 0 Å². The maximum atomic E-state index is 12.2. The number of rotatable bonds is 9. The van der Waals surface area contributed by atoms with Crippen molar-refractivity contribution in [1.29, 1.82) is 0 Å². The molecule has 1 fully saturated rings. The average molecular weight is 271 g/mol. The van der Waals surface area contributed by atoms with Crippen LogP contribution in [0.15, 0.2) is 0 Å². The predicted molar refractivity (Wildman–Crippen MR) is 71.8 cm³/mol. The third-order valence-electron chi connectivity index (χ3n) is 4.51. The molecule has 0 unspecified atom stereocenters. The van der Waals surface area contributed by atoms with Crippen LogP contribution in [0.5, 0.6) is 0 Å². The summed E-state index contributed by atoms with van der Waals surface area (Å²) >= 11 is 0. The number of methoxy groups -OCH3 is 1. The van der Waals surface area contributed by atoms with Gasteiger partial charge >= 0.3 is 5.97 Å². The number of nitrogens with one attached hydrogen (secondary N) is 1. The molecule has 0 saturated heterocycles. The van der Waals surface area contributed by atoms with Crippen molar-refractivity contribution in [2.75, 3.05) is 20.3 Å². The Morgan fingerprint density at radius 1 is 1.32 bits per heavy atom. The van der Waals surface area contributed by atoms with Crippen LogP contribution in [0.4, 0.5) is 0 Å². The topological polar surface area (TPSA) is 75.6 Å². The zero-order valence-corrected chi connectivity index (χ0v) is 12.1. The number of ether oxygens (including phenoxy) is 1. The van der Waals surface area contributed by atoms with Crippen molar-refractivity contribution >= 4 is 11.9 Å². The van der Waals surface area contributed by atoms with Crippen LogP contribution in [-0.2, 0) is 14.3 Å². The van der Waals surface area contributed by atoms with Gasteiger partial charge in [-0.1, -0.05) is 13.8 Å². The standard InChI is InChI=1S/C14H25NO4/c1-4-13(5-2,12(17)18)10-15-11(16)14(6-7-14)8-9-19-3/h4-10H2,1-3H3,(H,15,16)(H,17,18). The summed E-state index contributed by atoms with van der Waals surface area (Å²) in [5.41, 5.74) is -1.14. The average Bonchev–Trinajstić information content (AvgIpc) is 3.18. The first-order chi connectivity index (χ1) is 8.96. The molecule has 0 aromatic heterocycles. The third kappa shape index (κ3) is 3.47. The van der Waals surface area contributed by atoms with Gasteiger partial charge in [-0.25, -0.2) is 0 Å². The molecule has 5 heteroatoms. The van der Waals surface area contributed by atoms with Gasteiger partial charge in [-0.05, 0) is 32.1 Å². The van der Waals surface area contributed by atoms with E-state index in [1.54, 1.807) is 7.11 Å². The summed E-state index contributed by atoms with van der Waals surface area (Å²) in [4.78, 5) is 23.5. The van der Waals surface area contributed by atoms with Crippen molar-refractivity contribution in [3.8, 4) is 0 Å². The molecule has 2 N–H and O–H groups in total. The van der Waals surface area contributed by atoms with Gasteiger partial charge in [-0.15, -0.1) is 0 Å². The number of amides is 1. The first-order valence-electron chi connectivity index (χ1n) is 6.97. The molecule has 19 heavy (non-hydrogen) atoms. The largest absolute Gasteiger partial charge is 0.481 e. The lowest BCUT2D eigenvalue weighted by Crippen LogP contribution is -2.44. The van der Waals surface area contributed by atoms with E-state index in [-0.39, 0.29) is 17.9 Å². The number of aliphatic carboxylic acids is 1. The second-order valence-electron chi connectivity index (χ2n) is 5.50. The summed E-state index contributed by atoms with van der Waals surface area (Å²) in [5.74, 6) is -0.850. The molecule has 0 radical (unpaired) electrons. The molecule has 110 valence electrons. The van der Waals surface area contributed by atoms with Crippen molar-refractivity contribution in [2.45, 2.75) is 46.0 Å². The number of hydrogen-bond acceptors (Lipinski definition) is 3. The highest BCUT2D eigenvalue weighted by molar-refractivity contribution is 5.86. The van der Waals surface area contributed by atoms with Crippen LogP contribution in [0.1, 0.15) is 46.0 Å². The molecular weight excluding hydrogens is 246 g/mol. The van der Waals surface area contributed by atoms with E-state index in [1.165, 1.54) is 0 Å². The van der Waals surface area contributed by atoms with E-state index < -0.39 is 11.4 Å². The van der Waals surface area contributed by atoms with E-state index in [1.807, 2.05) is 13.8 Å². The van der Waals surface area contributed by atoms with Crippen LogP contribution in [0.25, 0.3) is 0 Å². The number of carboxylic acid groups (broad SMARTS) is 1. The maximum absolute atomic E-state index is 12.2. The SMILES string of the molecule is CCC(CC)(CNC(=O)C1(CCOC)CC1)C(=O)O. The van der Waals surface area contributed by atoms with E-state index in [2.05, 4.69) is 5.32 Å². The Hall–Kier alpha value is -1.10. The van der Waals surface area contributed by atoms with Crippen molar-refractivity contribution in [3.63, 3.8) is 0 Å². The van der Waals surface area contributed by atoms with E-state index in [0.29, 0.717) is 25.9 Å². The monoisotopic (exact) mass is 271 g/mol. The smallest absolute Gasteiger partial charge is 0.311 e. The van der Waals surface area contributed by atoms with Gasteiger partial charge in [0.2, 0.25) is 5.91 Å². The summed E-state index contributed by atoms with van der Waals surface area (Å²) in [5, 5.41) is 12.2. The summed E-state index contributed by atoms with van der Waals surface area (Å²) in [6.07, 6.45) is 3.50. The summed E-state index contributed by atoms with van der Waals surface area (Å²) in [6.45, 7) is 4.48. The van der Waals surface area contributed by atoms with E-state index >= 15 is 0 Å². The van der Waals surface area contributed by atoms with Crippen molar-refractivity contribution in [3.05, 3.63) is 0 Å². The molecule has 0 bridgehead atoms. The van der Waals surface area contributed by atoms with Crippen LogP contribution < -0.4 is 5.32 Å². The molecule has 0 aromatic rings. The Balaban J connectivity index is 2.55. The van der Waals surface area contributed by atoms with Crippen molar-refractivity contribution in [2.24, 2.45) is 10.8 Å². The second kappa shape index (κ2) is 6.37. The minimum Gasteiger partial charge on any atom is -0.481 e. The molecular formula is C14H25NO4. The van der Waals surface area contributed by atoms with Gasteiger partial charge < -0.3 is 15.2 Å². The van der Waals surface area contributed by atoms with E-state index in [9.17, 15) is 14.7 Å². The minimum absolute atomic E-state index is 0.0166. The molecule has 5 nitrogen and oxygen atoms in total. The van der Waals surface area contributed by atoms with Gasteiger partial charge in [0, 0.05) is 20.3 Å². The highest BCUT2D eigenvalue weighted by atomic mass is 16.5. The van der Waals surface area contributed by atoms with Crippen LogP contribution >= 0.6 is 0 Å². The van der Waals surface area contributed by atoms with Gasteiger partial charge in [0.05, 0.1) is 10.8 Å². The quantitative estimate of drug-likeness (QED) is 0.670. The highest BCUT2D eigenvalue weighted by Gasteiger charge is 2.49. The predicted octanol–water partition coefficient (Wildman–Crippen LogP) is 1.81. The normalized spacial score (nSPS) is 17.0. The molecule has 1 aliphatic rings. The number of carboxylic acids is 1. The lowest BCUT2D eigenvalue weighted by molar-refractivity contribution is -0.149. The first-order valence-corrected chi connectivity index (χ1v) is 6.97. The Bertz CT molecular complexity index is 332. The summed E-state index contributed by atoms with van der Waals surface area (Å²) in [6, 6.07) is 0. The van der Waals surface area contributed by atoms with Gasteiger partial charge in [-0.3, -0.25) is 9.59 Å². The molecule has 0 aromatic carbocycles. The number of hydrogen-bond donors (Lipinski definition) is 2. The first kappa shape index (κ1) is 16.0. The van der Waals surface area contributed by atoms with Crippen LogP contribution in [0, 0.1) is 10.8 Å². The molecule has 1 saturated carbocycles. The van der Waals surface area contributed by atoms with Crippen LogP contribution in [-0.4, -0.2) is 37.2 Å². The molecule has 0 aliphatic heterocycles. The Morgan fingerprint density at radius 2 is 1.89 bits per heavy atom. The zero-order chi connectivity index (χ0) is 14.5. The van der Waals surface area contributed by atoms with Gasteiger partial charge in [0.15, 0.2) is 0 Å². The van der Waals surface area contributed by atoms with E-state index in [0.717, 1.165) is 12.8 Å². The maximum Gasteiger partial charge on any atom is 0.311 e.